The van der Waals surface area contributed by atoms with Gasteiger partial charge in [-0.15, -0.1) is 0 Å². The minimum atomic E-state index is -0.651. The molecule has 0 aromatic heterocycles. The third-order valence-corrected chi connectivity index (χ3v) is 2.88. The first-order valence-corrected chi connectivity index (χ1v) is 7.34. The molecular weight excluding hydrogens is 278 g/mol. The molecule has 0 fully saturated rings. The second kappa shape index (κ2) is 10.2. The monoisotopic (exact) mass is 299 g/mol. The van der Waals surface area contributed by atoms with E-state index in [2.05, 4.69) is 13.5 Å². The number of unbranched alkanes of at least 4 members (excludes halogenated alkanes) is 2. The number of carbonyl (C=O) groups excluding carboxylic acids is 1. The minimum Gasteiger partial charge on any atom is -0.494 e. The molecule has 0 atom stereocenters. The lowest BCUT2D eigenvalue weighted by Gasteiger charge is -2.06. The molecule has 116 valence electrons. The quantitative estimate of drug-likeness (QED) is 0.228. The van der Waals surface area contributed by atoms with Crippen LogP contribution in [-0.4, -0.2) is 19.2 Å². The van der Waals surface area contributed by atoms with Gasteiger partial charge in [-0.3, -0.25) is 0 Å². The van der Waals surface area contributed by atoms with Crippen molar-refractivity contribution in [2.75, 3.05) is 13.2 Å². The molecule has 0 aliphatic rings. The van der Waals surface area contributed by atoms with Gasteiger partial charge < -0.3 is 9.47 Å². The summed E-state index contributed by atoms with van der Waals surface area (Å²) in [5, 5.41) is 9.01. The van der Waals surface area contributed by atoms with Crippen molar-refractivity contribution in [2.45, 2.75) is 26.2 Å². The Morgan fingerprint density at radius 2 is 2.05 bits per heavy atom. The maximum absolute atomic E-state index is 11.6. The Hall–Kier alpha value is -2.54. The number of hydrogen-bond donors (Lipinski definition) is 0. The molecule has 1 rings (SSSR count). The average molecular weight is 299 g/mol. The van der Waals surface area contributed by atoms with Crippen molar-refractivity contribution in [3.05, 3.63) is 48.1 Å². The molecule has 22 heavy (non-hydrogen) atoms. The smallest absolute Gasteiger partial charge is 0.349 e. The number of ether oxygens (including phenoxy) is 2. The summed E-state index contributed by atoms with van der Waals surface area (Å²) in [5.41, 5.74) is 0.700. The Labute approximate surface area is 131 Å². The van der Waals surface area contributed by atoms with Crippen LogP contribution in [0.1, 0.15) is 31.7 Å². The van der Waals surface area contributed by atoms with Crippen LogP contribution in [0.5, 0.6) is 5.75 Å². The molecule has 0 heterocycles. The van der Waals surface area contributed by atoms with Gasteiger partial charge in [0, 0.05) is 0 Å². The van der Waals surface area contributed by atoms with Gasteiger partial charge in [0.05, 0.1) is 6.61 Å². The second-order valence-electron chi connectivity index (χ2n) is 4.68. The third-order valence-electron chi connectivity index (χ3n) is 2.88. The average Bonchev–Trinajstić information content (AvgIpc) is 2.55. The van der Waals surface area contributed by atoms with Crippen molar-refractivity contribution < 1.29 is 14.3 Å². The highest BCUT2D eigenvalue weighted by molar-refractivity contribution is 5.97. The summed E-state index contributed by atoms with van der Waals surface area (Å²) >= 11 is 0. The molecule has 0 N–H and O–H groups in total. The van der Waals surface area contributed by atoms with Gasteiger partial charge in [0.15, 0.2) is 0 Å². The normalized spacial score (nSPS) is 10.6. The Morgan fingerprint density at radius 1 is 1.32 bits per heavy atom. The Bertz CT molecular complexity index is 553. The Balaban J connectivity index is 2.64. The number of nitrogens with zero attached hydrogens (tertiary/aromatic N) is 1. The van der Waals surface area contributed by atoms with Gasteiger partial charge in [-0.2, -0.15) is 5.26 Å². The molecule has 0 saturated heterocycles. The topological polar surface area (TPSA) is 59.3 Å². The zero-order chi connectivity index (χ0) is 16.2. The predicted octanol–water partition coefficient (Wildman–Crippen LogP) is 3.89. The molecule has 4 nitrogen and oxygen atoms in total. The van der Waals surface area contributed by atoms with Crippen LogP contribution in [0.3, 0.4) is 0 Å². The number of esters is 1. The highest BCUT2D eigenvalue weighted by atomic mass is 16.5. The standard InChI is InChI=1S/C18H21NO3/c1-3-5-6-12-21-17-9-7-15(8-10-17)13-16(14-19)18(20)22-11-4-2/h4,7-10,13H,2-3,5-6,11-12H2,1H3. The number of hydrogen-bond acceptors (Lipinski definition) is 4. The summed E-state index contributed by atoms with van der Waals surface area (Å²) in [7, 11) is 0. The van der Waals surface area contributed by atoms with Gasteiger partial charge in [0.25, 0.3) is 0 Å². The zero-order valence-electron chi connectivity index (χ0n) is 12.9. The Morgan fingerprint density at radius 3 is 2.64 bits per heavy atom. The molecule has 0 aliphatic heterocycles. The van der Waals surface area contributed by atoms with Crippen LogP contribution in [-0.2, 0) is 9.53 Å². The summed E-state index contributed by atoms with van der Waals surface area (Å²) in [4.78, 5) is 11.6. The van der Waals surface area contributed by atoms with Gasteiger partial charge in [-0.1, -0.05) is 44.6 Å². The van der Waals surface area contributed by atoms with Crippen LogP contribution in [0.25, 0.3) is 6.08 Å². The first-order valence-electron chi connectivity index (χ1n) is 7.34. The predicted molar refractivity (Wildman–Crippen MR) is 86.2 cm³/mol. The molecular formula is C18H21NO3. The van der Waals surface area contributed by atoms with E-state index < -0.39 is 5.97 Å². The lowest BCUT2D eigenvalue weighted by molar-refractivity contribution is -0.137. The van der Waals surface area contributed by atoms with E-state index in [1.807, 2.05) is 18.2 Å². The largest absolute Gasteiger partial charge is 0.494 e. The summed E-state index contributed by atoms with van der Waals surface area (Å²) in [5.74, 6) is 0.128. The molecule has 1 aromatic carbocycles. The molecule has 0 radical (unpaired) electrons. The fraction of sp³-hybridized carbons (Fsp3) is 0.333. The number of rotatable bonds is 9. The van der Waals surface area contributed by atoms with Gasteiger partial charge in [0.1, 0.15) is 24.0 Å². The summed E-state index contributed by atoms with van der Waals surface area (Å²) < 4.78 is 10.5. The number of benzene rings is 1. The molecule has 1 aromatic rings. The van der Waals surface area contributed by atoms with E-state index in [4.69, 9.17) is 14.7 Å². The molecule has 0 amide bonds. The fourth-order valence-electron chi connectivity index (χ4n) is 1.72. The van der Waals surface area contributed by atoms with Crippen molar-refractivity contribution in [1.82, 2.24) is 0 Å². The SMILES string of the molecule is C=CCOC(=O)C(C#N)=Cc1ccc(OCCCCC)cc1. The van der Waals surface area contributed by atoms with Gasteiger partial charge >= 0.3 is 5.97 Å². The van der Waals surface area contributed by atoms with Crippen molar-refractivity contribution in [2.24, 2.45) is 0 Å². The van der Waals surface area contributed by atoms with Crippen LogP contribution in [0, 0.1) is 11.3 Å². The number of nitriles is 1. The first kappa shape index (κ1) is 17.5. The van der Waals surface area contributed by atoms with Crippen molar-refractivity contribution in [3.63, 3.8) is 0 Å². The highest BCUT2D eigenvalue weighted by Crippen LogP contribution is 2.15. The van der Waals surface area contributed by atoms with Gasteiger partial charge in [-0.05, 0) is 30.2 Å². The summed E-state index contributed by atoms with van der Waals surface area (Å²) in [6, 6.07) is 9.08. The minimum absolute atomic E-state index is 0.0431. The first-order chi connectivity index (χ1) is 10.7. The lowest BCUT2D eigenvalue weighted by Crippen LogP contribution is -2.06. The number of carbonyl (C=O) groups is 1. The van der Waals surface area contributed by atoms with Crippen molar-refractivity contribution in [3.8, 4) is 11.8 Å². The molecule has 0 spiro atoms. The van der Waals surface area contributed by atoms with E-state index in [-0.39, 0.29) is 12.2 Å². The van der Waals surface area contributed by atoms with Gasteiger partial charge in [-0.25, -0.2) is 4.79 Å². The second-order valence-corrected chi connectivity index (χ2v) is 4.68. The Kier molecular flexibility index (Phi) is 8.14. The van der Waals surface area contributed by atoms with Crippen LogP contribution >= 0.6 is 0 Å². The lowest BCUT2D eigenvalue weighted by atomic mass is 10.1. The molecule has 0 saturated carbocycles. The van der Waals surface area contributed by atoms with E-state index in [0.29, 0.717) is 6.61 Å². The molecule has 0 bridgehead atoms. The summed E-state index contributed by atoms with van der Waals surface area (Å²) in [6.07, 6.45) is 6.29. The zero-order valence-corrected chi connectivity index (χ0v) is 12.9. The van der Waals surface area contributed by atoms with Crippen molar-refractivity contribution in [1.29, 1.82) is 5.26 Å². The van der Waals surface area contributed by atoms with E-state index in [0.717, 1.165) is 30.6 Å². The van der Waals surface area contributed by atoms with Crippen molar-refractivity contribution >= 4 is 12.0 Å². The molecule has 0 unspecified atom stereocenters. The highest BCUT2D eigenvalue weighted by Gasteiger charge is 2.09. The fourth-order valence-corrected chi connectivity index (χ4v) is 1.72. The summed E-state index contributed by atoms with van der Waals surface area (Å²) in [6.45, 7) is 6.38. The van der Waals surface area contributed by atoms with E-state index in [1.165, 1.54) is 12.2 Å². The molecule has 0 aliphatic carbocycles. The maximum Gasteiger partial charge on any atom is 0.349 e. The maximum atomic E-state index is 11.6. The van der Waals surface area contributed by atoms with Crippen LogP contribution in [0.15, 0.2) is 42.5 Å². The van der Waals surface area contributed by atoms with Crippen LogP contribution in [0.4, 0.5) is 0 Å². The van der Waals surface area contributed by atoms with E-state index >= 15 is 0 Å². The van der Waals surface area contributed by atoms with E-state index in [9.17, 15) is 4.79 Å². The van der Waals surface area contributed by atoms with Crippen LogP contribution < -0.4 is 4.74 Å². The van der Waals surface area contributed by atoms with E-state index in [1.54, 1.807) is 12.1 Å². The van der Waals surface area contributed by atoms with Crippen LogP contribution in [0.2, 0.25) is 0 Å². The molecule has 4 heteroatoms. The van der Waals surface area contributed by atoms with Gasteiger partial charge in [0.2, 0.25) is 0 Å². The third kappa shape index (κ3) is 6.27.